The molecule has 1 aliphatic carbocycles. The van der Waals surface area contributed by atoms with E-state index in [1.807, 2.05) is 24.3 Å². The van der Waals surface area contributed by atoms with Gasteiger partial charge in [-0.2, -0.15) is 4.31 Å². The Balaban J connectivity index is 1.28. The first-order valence-electron chi connectivity index (χ1n) is 11.2. The summed E-state index contributed by atoms with van der Waals surface area (Å²) in [7, 11) is -3.76. The topological polar surface area (TPSA) is 66.9 Å². The molecule has 0 bridgehead atoms. The quantitative estimate of drug-likeness (QED) is 0.633. The van der Waals surface area contributed by atoms with Crippen molar-refractivity contribution in [3.8, 4) is 5.75 Å². The van der Waals surface area contributed by atoms with Crippen molar-refractivity contribution in [2.24, 2.45) is 0 Å². The standard InChI is InChI=1S/C24H29FN2O4S/c25-20-6-4-10-23(18-20)32(29,30)27-15-13-26(14-16-27)24(28)12-11-19-5-3-9-22(17-19)31-21-7-1-2-8-21/h3-6,9-10,17-18,21H,1-2,7-8,11-16H2. The lowest BCUT2D eigenvalue weighted by molar-refractivity contribution is -0.132. The number of carbonyl (C=O) groups excluding carboxylic acids is 1. The van der Waals surface area contributed by atoms with E-state index in [1.54, 1.807) is 4.90 Å². The number of hydrogen-bond acceptors (Lipinski definition) is 4. The Labute approximate surface area is 189 Å². The van der Waals surface area contributed by atoms with Crippen molar-refractivity contribution in [2.45, 2.75) is 49.5 Å². The first-order chi connectivity index (χ1) is 15.4. The zero-order chi connectivity index (χ0) is 22.6. The molecule has 32 heavy (non-hydrogen) atoms. The highest BCUT2D eigenvalue weighted by Crippen LogP contribution is 2.25. The van der Waals surface area contributed by atoms with Gasteiger partial charge in [0.05, 0.1) is 11.0 Å². The number of benzene rings is 2. The highest BCUT2D eigenvalue weighted by atomic mass is 32.2. The van der Waals surface area contributed by atoms with Gasteiger partial charge in [0.2, 0.25) is 15.9 Å². The number of rotatable bonds is 7. The van der Waals surface area contributed by atoms with Crippen LogP contribution in [0.1, 0.15) is 37.7 Å². The molecule has 1 aliphatic heterocycles. The van der Waals surface area contributed by atoms with Crippen LogP contribution in [0.15, 0.2) is 53.4 Å². The molecule has 2 aromatic rings. The fraction of sp³-hybridized carbons (Fsp3) is 0.458. The number of amides is 1. The van der Waals surface area contributed by atoms with Gasteiger partial charge in [0, 0.05) is 32.6 Å². The van der Waals surface area contributed by atoms with Crippen molar-refractivity contribution >= 4 is 15.9 Å². The Hall–Kier alpha value is -2.45. The van der Waals surface area contributed by atoms with Crippen LogP contribution < -0.4 is 4.74 Å². The molecule has 0 radical (unpaired) electrons. The van der Waals surface area contributed by atoms with E-state index < -0.39 is 15.8 Å². The van der Waals surface area contributed by atoms with Gasteiger partial charge < -0.3 is 9.64 Å². The predicted octanol–water partition coefficient (Wildman–Crippen LogP) is 3.61. The van der Waals surface area contributed by atoms with Crippen LogP contribution in [0.4, 0.5) is 4.39 Å². The zero-order valence-electron chi connectivity index (χ0n) is 18.1. The van der Waals surface area contributed by atoms with Gasteiger partial charge in [0.15, 0.2) is 0 Å². The molecule has 0 atom stereocenters. The number of piperazine rings is 1. The van der Waals surface area contributed by atoms with E-state index in [1.165, 1.54) is 35.3 Å². The second kappa shape index (κ2) is 10.0. The Morgan fingerprint density at radius 2 is 1.72 bits per heavy atom. The number of halogens is 1. The van der Waals surface area contributed by atoms with E-state index in [0.29, 0.717) is 32.0 Å². The Kier molecular flexibility index (Phi) is 7.10. The smallest absolute Gasteiger partial charge is 0.243 e. The summed E-state index contributed by atoms with van der Waals surface area (Å²) >= 11 is 0. The van der Waals surface area contributed by atoms with Crippen molar-refractivity contribution in [3.63, 3.8) is 0 Å². The molecular formula is C24H29FN2O4S. The lowest BCUT2D eigenvalue weighted by atomic mass is 10.1. The number of aryl methyl sites for hydroxylation is 1. The first kappa shape index (κ1) is 22.7. The summed E-state index contributed by atoms with van der Waals surface area (Å²) < 4.78 is 46.3. The third-order valence-corrected chi connectivity index (χ3v) is 8.05. The largest absolute Gasteiger partial charge is 0.490 e. The van der Waals surface area contributed by atoms with E-state index in [2.05, 4.69) is 0 Å². The fourth-order valence-electron chi connectivity index (χ4n) is 4.34. The maximum atomic E-state index is 13.4. The molecule has 0 aromatic heterocycles. The lowest BCUT2D eigenvalue weighted by Gasteiger charge is -2.34. The molecule has 1 saturated heterocycles. The van der Waals surface area contributed by atoms with Gasteiger partial charge in [-0.15, -0.1) is 0 Å². The van der Waals surface area contributed by atoms with Crippen LogP contribution in [0, 0.1) is 5.82 Å². The molecule has 0 N–H and O–H groups in total. The minimum absolute atomic E-state index is 0.00918. The minimum atomic E-state index is -3.76. The third-order valence-electron chi connectivity index (χ3n) is 6.16. The van der Waals surface area contributed by atoms with Crippen molar-refractivity contribution in [1.82, 2.24) is 9.21 Å². The average Bonchev–Trinajstić information content (AvgIpc) is 3.31. The second-order valence-corrected chi connectivity index (χ2v) is 10.4. The van der Waals surface area contributed by atoms with Gasteiger partial charge in [0.25, 0.3) is 0 Å². The molecule has 2 aliphatic rings. The molecule has 1 amide bonds. The van der Waals surface area contributed by atoms with Crippen LogP contribution in [0.5, 0.6) is 5.75 Å². The Morgan fingerprint density at radius 3 is 2.44 bits per heavy atom. The molecule has 8 heteroatoms. The predicted molar refractivity (Wildman–Crippen MR) is 119 cm³/mol. The Morgan fingerprint density at radius 1 is 1.00 bits per heavy atom. The summed E-state index contributed by atoms with van der Waals surface area (Å²) in [6, 6.07) is 12.9. The van der Waals surface area contributed by atoms with Crippen LogP contribution in [0.25, 0.3) is 0 Å². The normalized spacial score (nSPS) is 18.1. The summed E-state index contributed by atoms with van der Waals surface area (Å²) in [5.41, 5.74) is 1.06. The number of hydrogen-bond donors (Lipinski definition) is 0. The molecule has 172 valence electrons. The summed E-state index contributed by atoms with van der Waals surface area (Å²) in [4.78, 5) is 14.3. The van der Waals surface area contributed by atoms with E-state index in [9.17, 15) is 17.6 Å². The highest BCUT2D eigenvalue weighted by molar-refractivity contribution is 7.89. The van der Waals surface area contributed by atoms with Gasteiger partial charge in [0.1, 0.15) is 11.6 Å². The van der Waals surface area contributed by atoms with E-state index in [4.69, 9.17) is 4.74 Å². The summed E-state index contributed by atoms with van der Waals surface area (Å²) in [6.45, 7) is 1.07. The Bertz CT molecular complexity index is 1050. The molecule has 0 spiro atoms. The van der Waals surface area contributed by atoms with E-state index in [-0.39, 0.29) is 23.9 Å². The SMILES string of the molecule is O=C(CCc1cccc(OC2CCCC2)c1)N1CCN(S(=O)(=O)c2cccc(F)c2)CC1. The van der Waals surface area contributed by atoms with Crippen LogP contribution in [0.2, 0.25) is 0 Å². The van der Waals surface area contributed by atoms with E-state index in [0.717, 1.165) is 30.2 Å². The van der Waals surface area contributed by atoms with E-state index >= 15 is 0 Å². The van der Waals surface area contributed by atoms with Gasteiger partial charge >= 0.3 is 0 Å². The molecule has 2 fully saturated rings. The number of nitrogens with zero attached hydrogens (tertiary/aromatic N) is 2. The second-order valence-electron chi connectivity index (χ2n) is 8.41. The van der Waals surface area contributed by atoms with Crippen LogP contribution in [-0.4, -0.2) is 55.8 Å². The highest BCUT2D eigenvalue weighted by Gasteiger charge is 2.30. The summed E-state index contributed by atoms with van der Waals surface area (Å²) in [6.07, 6.45) is 5.91. The maximum absolute atomic E-state index is 13.4. The molecule has 1 saturated carbocycles. The van der Waals surface area contributed by atoms with Crippen molar-refractivity contribution in [2.75, 3.05) is 26.2 Å². The maximum Gasteiger partial charge on any atom is 0.243 e. The molecule has 6 nitrogen and oxygen atoms in total. The van der Waals surface area contributed by atoms with Crippen LogP contribution >= 0.6 is 0 Å². The van der Waals surface area contributed by atoms with Gasteiger partial charge in [-0.3, -0.25) is 4.79 Å². The fourth-order valence-corrected chi connectivity index (χ4v) is 5.79. The van der Waals surface area contributed by atoms with Crippen molar-refractivity contribution in [3.05, 3.63) is 59.9 Å². The van der Waals surface area contributed by atoms with Gasteiger partial charge in [-0.05, 0) is 68.0 Å². The molecule has 4 rings (SSSR count). The monoisotopic (exact) mass is 460 g/mol. The average molecular weight is 461 g/mol. The molecule has 1 heterocycles. The van der Waals surface area contributed by atoms with Crippen molar-refractivity contribution in [1.29, 1.82) is 0 Å². The summed E-state index contributed by atoms with van der Waals surface area (Å²) in [5, 5.41) is 0. The van der Waals surface area contributed by atoms with Crippen LogP contribution in [-0.2, 0) is 21.2 Å². The van der Waals surface area contributed by atoms with Gasteiger partial charge in [-0.25, -0.2) is 12.8 Å². The third kappa shape index (κ3) is 5.48. The molecule has 0 unspecified atom stereocenters. The zero-order valence-corrected chi connectivity index (χ0v) is 18.9. The lowest BCUT2D eigenvalue weighted by Crippen LogP contribution is -2.50. The van der Waals surface area contributed by atoms with Crippen molar-refractivity contribution < 1.29 is 22.3 Å². The van der Waals surface area contributed by atoms with Crippen LogP contribution in [0.3, 0.4) is 0 Å². The first-order valence-corrected chi connectivity index (χ1v) is 12.6. The number of carbonyl (C=O) groups is 1. The number of sulfonamides is 1. The number of ether oxygens (including phenoxy) is 1. The minimum Gasteiger partial charge on any atom is -0.490 e. The molecular weight excluding hydrogens is 431 g/mol. The molecule has 2 aromatic carbocycles. The van der Waals surface area contributed by atoms with Gasteiger partial charge in [-0.1, -0.05) is 18.2 Å². The summed E-state index contributed by atoms with van der Waals surface area (Å²) in [5.74, 6) is 0.283.